The molecule has 0 spiro atoms. The van der Waals surface area contributed by atoms with E-state index in [1.54, 1.807) is 11.3 Å². The number of hydrogen-bond donors (Lipinski definition) is 3. The van der Waals surface area contributed by atoms with Crippen molar-refractivity contribution in [1.82, 2.24) is 29.7 Å². The molecular weight excluding hydrogens is 290 g/mol. The van der Waals surface area contributed by atoms with E-state index in [1.807, 2.05) is 24.4 Å². The second kappa shape index (κ2) is 5.81. The van der Waals surface area contributed by atoms with Crippen LogP contribution in [0.3, 0.4) is 0 Å². The molecule has 10 heteroatoms. The highest BCUT2D eigenvalue weighted by atomic mass is 32.1. The molecule has 3 aromatic heterocycles. The van der Waals surface area contributed by atoms with E-state index < -0.39 is 0 Å². The van der Waals surface area contributed by atoms with Crippen molar-refractivity contribution in [2.75, 3.05) is 10.7 Å². The van der Waals surface area contributed by atoms with Gasteiger partial charge in [0.15, 0.2) is 0 Å². The van der Waals surface area contributed by atoms with Gasteiger partial charge in [0.2, 0.25) is 11.9 Å². The average molecular weight is 303 g/mol. The number of anilines is 2. The molecule has 1 atom stereocenters. The Morgan fingerprint density at radius 3 is 2.81 bits per heavy atom. The average Bonchev–Trinajstić information content (AvgIpc) is 3.19. The highest BCUT2D eigenvalue weighted by Gasteiger charge is 2.12. The lowest BCUT2D eigenvalue weighted by Gasteiger charge is -2.13. The van der Waals surface area contributed by atoms with Crippen molar-refractivity contribution >= 4 is 23.2 Å². The second-order valence-corrected chi connectivity index (χ2v) is 5.13. The topological polar surface area (TPSA) is 119 Å². The normalized spacial score (nSPS) is 12.1. The van der Waals surface area contributed by atoms with Crippen LogP contribution in [0.1, 0.15) is 17.8 Å². The minimum Gasteiger partial charge on any atom is -0.347 e. The number of nitrogen functional groups attached to an aromatic ring is 1. The van der Waals surface area contributed by atoms with Gasteiger partial charge in [-0.15, -0.1) is 11.3 Å². The van der Waals surface area contributed by atoms with E-state index >= 15 is 0 Å². The molecule has 1 unspecified atom stereocenters. The molecule has 0 aromatic carbocycles. The number of nitrogens with zero attached hydrogens (tertiary/aromatic N) is 6. The third-order valence-corrected chi connectivity index (χ3v) is 3.75. The van der Waals surface area contributed by atoms with Crippen molar-refractivity contribution in [3.8, 4) is 5.95 Å². The minimum atomic E-state index is 0.0709. The maximum absolute atomic E-state index is 5.39. The second-order valence-electron chi connectivity index (χ2n) is 4.15. The maximum Gasteiger partial charge on any atom is 0.258 e. The Hall–Kier alpha value is -2.59. The molecule has 9 nitrogen and oxygen atoms in total. The summed E-state index contributed by atoms with van der Waals surface area (Å²) in [5, 5.41) is 9.23. The Kier molecular flexibility index (Phi) is 3.71. The van der Waals surface area contributed by atoms with Crippen LogP contribution in [-0.2, 0) is 0 Å². The van der Waals surface area contributed by atoms with Gasteiger partial charge in [0, 0.05) is 4.88 Å². The summed E-state index contributed by atoms with van der Waals surface area (Å²) >= 11 is 1.66. The largest absolute Gasteiger partial charge is 0.347 e. The zero-order valence-electron chi connectivity index (χ0n) is 11.1. The zero-order chi connectivity index (χ0) is 14.7. The van der Waals surface area contributed by atoms with Gasteiger partial charge in [0.05, 0.1) is 6.04 Å². The van der Waals surface area contributed by atoms with Gasteiger partial charge in [-0.25, -0.2) is 10.8 Å². The summed E-state index contributed by atoms with van der Waals surface area (Å²) in [6.07, 6.45) is 2.91. The summed E-state index contributed by atoms with van der Waals surface area (Å²) in [7, 11) is 0. The number of hydrazine groups is 1. The van der Waals surface area contributed by atoms with Crippen LogP contribution in [0.2, 0.25) is 0 Å². The number of nitrogens with two attached hydrogens (primary N) is 1. The first-order chi connectivity index (χ1) is 10.3. The van der Waals surface area contributed by atoms with Gasteiger partial charge in [-0.2, -0.15) is 24.7 Å². The van der Waals surface area contributed by atoms with Crippen LogP contribution in [0.4, 0.5) is 11.9 Å². The van der Waals surface area contributed by atoms with Gasteiger partial charge < -0.3 is 5.32 Å². The van der Waals surface area contributed by atoms with Crippen LogP contribution in [0.15, 0.2) is 30.2 Å². The van der Waals surface area contributed by atoms with Gasteiger partial charge in [-0.1, -0.05) is 6.07 Å². The van der Waals surface area contributed by atoms with E-state index in [4.69, 9.17) is 5.84 Å². The SMILES string of the molecule is CC(Nc1nc(NN)nc(-n2cncn2)n1)c1cccs1. The van der Waals surface area contributed by atoms with Crippen molar-refractivity contribution in [3.63, 3.8) is 0 Å². The first-order valence-electron chi connectivity index (χ1n) is 6.14. The third-order valence-electron chi connectivity index (χ3n) is 2.69. The standard InChI is InChI=1S/C11H13N9S/c1-7(8-3-2-4-21-8)15-9-16-10(19-12)18-11(17-9)20-6-13-5-14-20/h2-7H,12H2,1H3,(H2,15,16,17,18,19). The van der Waals surface area contributed by atoms with Gasteiger partial charge in [0.25, 0.3) is 5.95 Å². The third kappa shape index (κ3) is 2.95. The molecule has 0 fully saturated rings. The van der Waals surface area contributed by atoms with Crippen LogP contribution in [0.25, 0.3) is 5.95 Å². The molecule has 0 aliphatic heterocycles. The summed E-state index contributed by atoms with van der Waals surface area (Å²) in [5.41, 5.74) is 2.42. The molecule has 3 rings (SSSR count). The summed E-state index contributed by atoms with van der Waals surface area (Å²) in [6.45, 7) is 2.03. The van der Waals surface area contributed by atoms with E-state index in [9.17, 15) is 0 Å². The monoisotopic (exact) mass is 303 g/mol. The Bertz CT molecular complexity index is 695. The molecule has 0 bridgehead atoms. The van der Waals surface area contributed by atoms with Crippen molar-refractivity contribution in [2.24, 2.45) is 5.84 Å². The fourth-order valence-electron chi connectivity index (χ4n) is 1.71. The number of nitrogens with one attached hydrogen (secondary N) is 2. The molecule has 3 aromatic rings. The van der Waals surface area contributed by atoms with Gasteiger partial charge in [-0.05, 0) is 18.4 Å². The Morgan fingerprint density at radius 1 is 1.29 bits per heavy atom. The van der Waals surface area contributed by atoms with Crippen molar-refractivity contribution in [1.29, 1.82) is 0 Å². The lowest BCUT2D eigenvalue weighted by Crippen LogP contribution is -2.17. The van der Waals surface area contributed by atoms with Crippen molar-refractivity contribution < 1.29 is 0 Å². The first kappa shape index (κ1) is 13.4. The van der Waals surface area contributed by atoms with Gasteiger partial charge >= 0.3 is 0 Å². The van der Waals surface area contributed by atoms with E-state index in [2.05, 4.69) is 35.8 Å². The lowest BCUT2D eigenvalue weighted by molar-refractivity contribution is 0.785. The van der Waals surface area contributed by atoms with E-state index in [1.165, 1.54) is 22.2 Å². The molecule has 0 saturated carbocycles. The summed E-state index contributed by atoms with van der Waals surface area (Å²) in [6, 6.07) is 4.12. The van der Waals surface area contributed by atoms with Crippen LogP contribution in [-0.4, -0.2) is 29.7 Å². The van der Waals surface area contributed by atoms with Crippen LogP contribution < -0.4 is 16.6 Å². The van der Waals surface area contributed by atoms with Crippen molar-refractivity contribution in [2.45, 2.75) is 13.0 Å². The van der Waals surface area contributed by atoms with Gasteiger partial charge in [0.1, 0.15) is 12.7 Å². The highest BCUT2D eigenvalue weighted by Crippen LogP contribution is 2.21. The number of rotatable bonds is 5. The number of thiophene rings is 1. The molecule has 21 heavy (non-hydrogen) atoms. The van der Waals surface area contributed by atoms with E-state index in [0.29, 0.717) is 11.9 Å². The molecule has 0 saturated heterocycles. The molecule has 0 radical (unpaired) electrons. The summed E-state index contributed by atoms with van der Waals surface area (Å²) in [4.78, 5) is 17.7. The van der Waals surface area contributed by atoms with E-state index in [0.717, 1.165) is 0 Å². The molecular formula is C11H13N9S. The molecule has 0 aliphatic carbocycles. The van der Waals surface area contributed by atoms with Crippen LogP contribution in [0.5, 0.6) is 0 Å². The number of aromatic nitrogens is 6. The summed E-state index contributed by atoms with van der Waals surface area (Å²) < 4.78 is 1.43. The molecule has 108 valence electrons. The predicted molar refractivity (Wildman–Crippen MR) is 78.9 cm³/mol. The molecule has 3 heterocycles. The van der Waals surface area contributed by atoms with Gasteiger partial charge in [-0.3, -0.25) is 5.43 Å². The quantitative estimate of drug-likeness (QED) is 0.471. The minimum absolute atomic E-state index is 0.0709. The highest BCUT2D eigenvalue weighted by molar-refractivity contribution is 7.10. The molecule has 0 aliphatic rings. The Labute approximate surface area is 124 Å². The van der Waals surface area contributed by atoms with E-state index in [-0.39, 0.29) is 12.0 Å². The smallest absolute Gasteiger partial charge is 0.258 e. The maximum atomic E-state index is 5.39. The molecule has 4 N–H and O–H groups in total. The Morgan fingerprint density at radius 2 is 2.14 bits per heavy atom. The summed E-state index contributed by atoms with van der Waals surface area (Å²) in [5.74, 6) is 6.38. The Balaban J connectivity index is 1.89. The lowest BCUT2D eigenvalue weighted by atomic mass is 10.3. The zero-order valence-corrected chi connectivity index (χ0v) is 11.9. The fourth-order valence-corrected chi connectivity index (χ4v) is 2.44. The van der Waals surface area contributed by atoms with Crippen LogP contribution >= 0.6 is 11.3 Å². The first-order valence-corrected chi connectivity index (χ1v) is 7.02. The number of hydrogen-bond acceptors (Lipinski definition) is 9. The van der Waals surface area contributed by atoms with Crippen LogP contribution in [0, 0.1) is 0 Å². The predicted octanol–water partition coefficient (Wildman–Crippen LogP) is 0.972. The fraction of sp³-hybridized carbons (Fsp3) is 0.182. The van der Waals surface area contributed by atoms with Crippen molar-refractivity contribution in [3.05, 3.63) is 35.0 Å². The molecule has 0 amide bonds.